The van der Waals surface area contributed by atoms with E-state index in [0.717, 1.165) is 31.6 Å². The molecule has 0 aromatic heterocycles. The summed E-state index contributed by atoms with van der Waals surface area (Å²) in [6, 6.07) is 8.33. The molecule has 0 spiro atoms. The van der Waals surface area contributed by atoms with Crippen LogP contribution in [0.2, 0.25) is 0 Å². The number of carbonyl (C=O) groups is 1. The van der Waals surface area contributed by atoms with Crippen LogP contribution in [0.15, 0.2) is 24.3 Å². The van der Waals surface area contributed by atoms with Crippen molar-refractivity contribution in [1.82, 2.24) is 0 Å². The largest absolute Gasteiger partial charge is 0.494 e. The highest BCUT2D eigenvalue weighted by molar-refractivity contribution is 5.86. The van der Waals surface area contributed by atoms with Crippen molar-refractivity contribution in [1.29, 1.82) is 0 Å². The molecule has 1 aliphatic rings. The van der Waals surface area contributed by atoms with Crippen LogP contribution in [0.5, 0.6) is 5.75 Å². The summed E-state index contributed by atoms with van der Waals surface area (Å²) in [4.78, 5) is 12.6. The average molecular weight is 387 g/mol. The van der Waals surface area contributed by atoms with E-state index in [9.17, 15) is 4.79 Å². The Morgan fingerprint density at radius 2 is 1.46 bits per heavy atom. The molecular formula is C26H42O2. The van der Waals surface area contributed by atoms with E-state index in [-0.39, 0.29) is 5.92 Å². The van der Waals surface area contributed by atoms with Crippen LogP contribution < -0.4 is 4.74 Å². The molecule has 2 nitrogen and oxygen atoms in total. The molecule has 0 unspecified atom stereocenters. The van der Waals surface area contributed by atoms with Crippen LogP contribution in [0.1, 0.15) is 115 Å². The average Bonchev–Trinajstić information content (AvgIpc) is 2.71. The maximum atomic E-state index is 12.6. The molecule has 1 aromatic rings. The quantitative estimate of drug-likeness (QED) is 0.304. The first-order chi connectivity index (χ1) is 13.7. The third kappa shape index (κ3) is 8.37. The zero-order chi connectivity index (χ0) is 20.0. The Morgan fingerprint density at radius 1 is 0.821 bits per heavy atom. The van der Waals surface area contributed by atoms with Gasteiger partial charge in [-0.1, -0.05) is 90.2 Å². The molecule has 0 saturated heterocycles. The van der Waals surface area contributed by atoms with E-state index in [1.165, 1.54) is 76.2 Å². The van der Waals surface area contributed by atoms with E-state index >= 15 is 0 Å². The standard InChI is InChI=1S/C26H42O2/c1-3-5-7-8-9-10-12-20-28-24-17-15-23(16-18-24)25-19-14-22(21-26(25)27)13-11-6-4-2/h15-18,22,25H,3-14,19-21H2,1-2H3/t22-,25+/m1/s1. The van der Waals surface area contributed by atoms with Gasteiger partial charge in [-0.2, -0.15) is 0 Å². The van der Waals surface area contributed by atoms with Crippen molar-refractivity contribution < 1.29 is 9.53 Å². The van der Waals surface area contributed by atoms with Crippen LogP contribution in [0.4, 0.5) is 0 Å². The summed E-state index contributed by atoms with van der Waals surface area (Å²) in [5, 5.41) is 0. The maximum absolute atomic E-state index is 12.6. The molecule has 1 fully saturated rings. The predicted octanol–water partition coefficient (Wildman–Crippen LogP) is 7.85. The summed E-state index contributed by atoms with van der Waals surface area (Å²) in [6.07, 6.45) is 17.2. The Bertz CT molecular complexity index is 534. The van der Waals surface area contributed by atoms with Gasteiger partial charge < -0.3 is 4.74 Å². The van der Waals surface area contributed by atoms with Crippen LogP contribution in [0.25, 0.3) is 0 Å². The van der Waals surface area contributed by atoms with Crippen LogP contribution in [0, 0.1) is 5.92 Å². The molecule has 0 N–H and O–H groups in total. The van der Waals surface area contributed by atoms with Crippen molar-refractivity contribution in [3.63, 3.8) is 0 Å². The third-order valence-corrected chi connectivity index (χ3v) is 6.26. The Kier molecular flexibility index (Phi) is 11.3. The molecule has 1 aliphatic carbocycles. The Balaban J connectivity index is 1.66. The lowest BCUT2D eigenvalue weighted by Crippen LogP contribution is -2.23. The third-order valence-electron chi connectivity index (χ3n) is 6.26. The van der Waals surface area contributed by atoms with E-state index in [1.807, 2.05) is 0 Å². The molecule has 0 radical (unpaired) electrons. The van der Waals surface area contributed by atoms with Crippen molar-refractivity contribution in [2.24, 2.45) is 5.92 Å². The van der Waals surface area contributed by atoms with Gasteiger partial charge in [0.25, 0.3) is 0 Å². The number of ketones is 1. The second-order valence-electron chi connectivity index (χ2n) is 8.70. The van der Waals surface area contributed by atoms with E-state index in [2.05, 4.69) is 38.1 Å². The monoisotopic (exact) mass is 386 g/mol. The number of unbranched alkanes of at least 4 members (excludes halogenated alkanes) is 8. The van der Waals surface area contributed by atoms with Gasteiger partial charge in [0, 0.05) is 12.3 Å². The molecular weight excluding hydrogens is 344 g/mol. The second-order valence-corrected chi connectivity index (χ2v) is 8.70. The number of ether oxygens (including phenoxy) is 1. The molecule has 0 amide bonds. The van der Waals surface area contributed by atoms with Gasteiger partial charge >= 0.3 is 0 Å². The zero-order valence-electron chi connectivity index (χ0n) is 18.4. The topological polar surface area (TPSA) is 26.3 Å². The fraction of sp³-hybridized carbons (Fsp3) is 0.731. The van der Waals surface area contributed by atoms with Gasteiger partial charge in [0.2, 0.25) is 0 Å². The van der Waals surface area contributed by atoms with Crippen molar-refractivity contribution >= 4 is 5.78 Å². The van der Waals surface area contributed by atoms with E-state index < -0.39 is 0 Å². The number of rotatable bonds is 14. The van der Waals surface area contributed by atoms with Gasteiger partial charge in [-0.3, -0.25) is 4.79 Å². The van der Waals surface area contributed by atoms with Gasteiger partial charge in [-0.25, -0.2) is 0 Å². The molecule has 0 bridgehead atoms. The smallest absolute Gasteiger partial charge is 0.140 e. The molecule has 0 aliphatic heterocycles. The van der Waals surface area contributed by atoms with Crippen LogP contribution in [-0.2, 0) is 4.79 Å². The molecule has 2 atom stereocenters. The summed E-state index contributed by atoms with van der Waals surface area (Å²) >= 11 is 0. The molecule has 2 heteroatoms. The minimum Gasteiger partial charge on any atom is -0.494 e. The Labute approximate surface area is 173 Å². The molecule has 2 rings (SSSR count). The molecule has 1 saturated carbocycles. The summed E-state index contributed by atoms with van der Waals surface area (Å²) in [5.41, 5.74) is 1.18. The van der Waals surface area contributed by atoms with Gasteiger partial charge in [0.1, 0.15) is 11.5 Å². The SMILES string of the molecule is CCCCCCCCCOc1ccc([C@@H]2CC[C@@H](CCCCC)CC2=O)cc1. The normalized spacial score (nSPS) is 19.7. The van der Waals surface area contributed by atoms with Crippen LogP contribution in [-0.4, -0.2) is 12.4 Å². The van der Waals surface area contributed by atoms with Crippen molar-refractivity contribution in [2.75, 3.05) is 6.61 Å². The number of hydrogen-bond acceptors (Lipinski definition) is 2. The Hall–Kier alpha value is -1.31. The lowest BCUT2D eigenvalue weighted by molar-refractivity contribution is -0.123. The minimum atomic E-state index is 0.111. The maximum Gasteiger partial charge on any atom is 0.140 e. The highest BCUT2D eigenvalue weighted by Gasteiger charge is 2.29. The molecule has 1 aromatic carbocycles. The summed E-state index contributed by atoms with van der Waals surface area (Å²) in [7, 11) is 0. The highest BCUT2D eigenvalue weighted by Crippen LogP contribution is 2.35. The van der Waals surface area contributed by atoms with E-state index in [0.29, 0.717) is 11.7 Å². The fourth-order valence-electron chi connectivity index (χ4n) is 4.42. The lowest BCUT2D eigenvalue weighted by atomic mass is 9.76. The van der Waals surface area contributed by atoms with Crippen molar-refractivity contribution in [3.8, 4) is 5.75 Å². The summed E-state index contributed by atoms with van der Waals surface area (Å²) < 4.78 is 5.89. The van der Waals surface area contributed by atoms with Crippen molar-refractivity contribution in [3.05, 3.63) is 29.8 Å². The van der Waals surface area contributed by atoms with E-state index in [4.69, 9.17) is 4.74 Å². The second kappa shape index (κ2) is 13.8. The lowest BCUT2D eigenvalue weighted by Gasteiger charge is -2.27. The van der Waals surface area contributed by atoms with E-state index in [1.54, 1.807) is 0 Å². The number of Topliss-reactive ketones (excluding diaryl/α,β-unsaturated/α-hetero) is 1. The minimum absolute atomic E-state index is 0.111. The van der Waals surface area contributed by atoms with Crippen LogP contribution >= 0.6 is 0 Å². The van der Waals surface area contributed by atoms with Gasteiger partial charge in [0.05, 0.1) is 6.61 Å². The first kappa shape index (κ1) is 23.0. The fourth-order valence-corrected chi connectivity index (χ4v) is 4.42. The summed E-state index contributed by atoms with van der Waals surface area (Å²) in [6.45, 7) is 5.30. The molecule has 158 valence electrons. The first-order valence-corrected chi connectivity index (χ1v) is 12.0. The van der Waals surface area contributed by atoms with Gasteiger partial charge in [0.15, 0.2) is 0 Å². The van der Waals surface area contributed by atoms with Gasteiger partial charge in [-0.05, 0) is 42.9 Å². The molecule has 0 heterocycles. The van der Waals surface area contributed by atoms with Crippen molar-refractivity contribution in [2.45, 2.75) is 110 Å². The first-order valence-electron chi connectivity index (χ1n) is 12.0. The molecule has 28 heavy (non-hydrogen) atoms. The zero-order valence-corrected chi connectivity index (χ0v) is 18.4. The summed E-state index contributed by atoms with van der Waals surface area (Å²) in [5.74, 6) is 2.12. The van der Waals surface area contributed by atoms with Crippen LogP contribution in [0.3, 0.4) is 0 Å². The number of hydrogen-bond donors (Lipinski definition) is 0. The number of carbonyl (C=O) groups excluding carboxylic acids is 1. The highest BCUT2D eigenvalue weighted by atomic mass is 16.5. The number of benzene rings is 1. The Morgan fingerprint density at radius 3 is 2.14 bits per heavy atom. The predicted molar refractivity (Wildman–Crippen MR) is 119 cm³/mol. The van der Waals surface area contributed by atoms with Gasteiger partial charge in [-0.15, -0.1) is 0 Å².